The maximum atomic E-state index is 12.3. The Morgan fingerprint density at radius 3 is 2.85 bits per heavy atom. The van der Waals surface area contributed by atoms with Crippen molar-refractivity contribution >= 4 is 16.9 Å². The summed E-state index contributed by atoms with van der Waals surface area (Å²) in [5.41, 5.74) is 0.768. The van der Waals surface area contributed by atoms with Gasteiger partial charge in [-0.3, -0.25) is 9.63 Å². The summed E-state index contributed by atoms with van der Waals surface area (Å²) >= 11 is 0. The molecule has 0 aliphatic heterocycles. The van der Waals surface area contributed by atoms with E-state index in [1.807, 2.05) is 0 Å². The standard InChI is InChI=1S/C13H13F2NO4/c1-16(18-2)11(17)6-8-7-19-12-9(8)4-3-5-10(12)20-13(14)15/h3-5,7,13H,6H2,1-2H3. The van der Waals surface area contributed by atoms with Gasteiger partial charge in [0, 0.05) is 18.0 Å². The molecule has 1 aromatic carbocycles. The summed E-state index contributed by atoms with van der Waals surface area (Å²) < 4.78 is 34.1. The molecule has 0 unspecified atom stereocenters. The highest BCUT2D eigenvalue weighted by Crippen LogP contribution is 2.31. The van der Waals surface area contributed by atoms with Gasteiger partial charge in [-0.2, -0.15) is 8.78 Å². The molecule has 0 aliphatic carbocycles. The number of amides is 1. The van der Waals surface area contributed by atoms with Crippen LogP contribution >= 0.6 is 0 Å². The number of para-hydroxylation sites is 1. The van der Waals surface area contributed by atoms with Gasteiger partial charge in [-0.05, 0) is 6.07 Å². The van der Waals surface area contributed by atoms with E-state index in [1.165, 1.54) is 26.5 Å². The Balaban J connectivity index is 2.30. The van der Waals surface area contributed by atoms with Gasteiger partial charge in [-0.15, -0.1) is 0 Å². The van der Waals surface area contributed by atoms with Gasteiger partial charge in [-0.1, -0.05) is 12.1 Å². The van der Waals surface area contributed by atoms with Gasteiger partial charge in [0.2, 0.25) is 5.91 Å². The van der Waals surface area contributed by atoms with Gasteiger partial charge >= 0.3 is 6.61 Å². The topological polar surface area (TPSA) is 51.9 Å². The zero-order valence-electron chi connectivity index (χ0n) is 10.9. The van der Waals surface area contributed by atoms with Gasteiger partial charge in [0.05, 0.1) is 19.8 Å². The van der Waals surface area contributed by atoms with Gasteiger partial charge in [-0.25, -0.2) is 5.06 Å². The molecule has 5 nitrogen and oxygen atoms in total. The van der Waals surface area contributed by atoms with Crippen LogP contribution < -0.4 is 4.74 Å². The number of carbonyl (C=O) groups excluding carboxylic acids is 1. The molecule has 1 amide bonds. The Hall–Kier alpha value is -2.15. The molecule has 1 heterocycles. The van der Waals surface area contributed by atoms with E-state index < -0.39 is 6.61 Å². The number of nitrogens with zero attached hydrogens (tertiary/aromatic N) is 1. The molecule has 0 saturated heterocycles. The van der Waals surface area contributed by atoms with Crippen molar-refractivity contribution in [2.75, 3.05) is 14.2 Å². The molecular weight excluding hydrogens is 272 g/mol. The normalized spacial score (nSPS) is 11.1. The van der Waals surface area contributed by atoms with Crippen molar-refractivity contribution < 1.29 is 27.6 Å². The number of benzene rings is 1. The summed E-state index contributed by atoms with van der Waals surface area (Å²) in [7, 11) is 2.86. The lowest BCUT2D eigenvalue weighted by atomic mass is 10.1. The van der Waals surface area contributed by atoms with Crippen LogP contribution in [0.15, 0.2) is 28.9 Å². The van der Waals surface area contributed by atoms with E-state index in [9.17, 15) is 13.6 Å². The third-order valence-corrected chi connectivity index (χ3v) is 2.83. The largest absolute Gasteiger partial charge is 0.460 e. The predicted molar refractivity (Wildman–Crippen MR) is 66.3 cm³/mol. The molecule has 0 fully saturated rings. The lowest BCUT2D eigenvalue weighted by molar-refractivity contribution is -0.167. The van der Waals surface area contributed by atoms with Gasteiger partial charge in [0.1, 0.15) is 0 Å². The fourth-order valence-corrected chi connectivity index (χ4v) is 1.79. The van der Waals surface area contributed by atoms with Crippen molar-refractivity contribution in [3.05, 3.63) is 30.0 Å². The first-order valence-corrected chi connectivity index (χ1v) is 5.77. The summed E-state index contributed by atoms with van der Waals surface area (Å²) in [4.78, 5) is 16.5. The molecule has 0 spiro atoms. The number of rotatable bonds is 5. The van der Waals surface area contributed by atoms with Crippen molar-refractivity contribution in [1.82, 2.24) is 5.06 Å². The quantitative estimate of drug-likeness (QED) is 0.792. The Bertz CT molecular complexity index is 611. The highest BCUT2D eigenvalue weighted by Gasteiger charge is 2.17. The summed E-state index contributed by atoms with van der Waals surface area (Å²) in [6.07, 6.45) is 1.39. The van der Waals surface area contributed by atoms with E-state index in [-0.39, 0.29) is 23.7 Å². The van der Waals surface area contributed by atoms with Gasteiger partial charge in [0.15, 0.2) is 11.3 Å². The summed E-state index contributed by atoms with van der Waals surface area (Å²) in [6.45, 7) is -2.93. The van der Waals surface area contributed by atoms with E-state index in [2.05, 4.69) is 4.74 Å². The third kappa shape index (κ3) is 2.88. The molecule has 0 radical (unpaired) electrons. The van der Waals surface area contributed by atoms with Gasteiger partial charge < -0.3 is 9.15 Å². The number of alkyl halides is 2. The van der Waals surface area contributed by atoms with Crippen LogP contribution in [0.3, 0.4) is 0 Å². The molecule has 7 heteroatoms. The Labute approximate surface area is 113 Å². The van der Waals surface area contributed by atoms with Crippen molar-refractivity contribution in [3.63, 3.8) is 0 Å². The molecule has 2 rings (SSSR count). The first-order valence-electron chi connectivity index (χ1n) is 5.77. The van der Waals surface area contributed by atoms with Crippen LogP contribution in [0.2, 0.25) is 0 Å². The maximum absolute atomic E-state index is 12.3. The second-order valence-electron chi connectivity index (χ2n) is 4.02. The molecular formula is C13H13F2NO4. The van der Waals surface area contributed by atoms with Crippen molar-refractivity contribution in [1.29, 1.82) is 0 Å². The second kappa shape index (κ2) is 5.87. The Morgan fingerprint density at radius 1 is 1.45 bits per heavy atom. The molecule has 0 aliphatic rings. The zero-order chi connectivity index (χ0) is 14.7. The molecule has 0 N–H and O–H groups in total. The molecule has 0 saturated carbocycles. The van der Waals surface area contributed by atoms with Gasteiger partial charge in [0.25, 0.3) is 0 Å². The molecule has 0 atom stereocenters. The second-order valence-corrected chi connectivity index (χ2v) is 4.02. The molecule has 2 aromatic rings. The minimum Gasteiger partial charge on any atom is -0.460 e. The number of likely N-dealkylation sites (N-methyl/N-ethyl adjacent to an activating group) is 1. The number of hydrogen-bond acceptors (Lipinski definition) is 4. The zero-order valence-corrected chi connectivity index (χ0v) is 10.9. The SMILES string of the molecule is CON(C)C(=O)Cc1coc2c(OC(F)F)cccc12. The van der Waals surface area contributed by atoms with Crippen LogP contribution in [-0.4, -0.2) is 31.7 Å². The van der Waals surface area contributed by atoms with Crippen LogP contribution in [0.25, 0.3) is 11.0 Å². The summed E-state index contributed by atoms with van der Waals surface area (Å²) in [5.74, 6) is -0.341. The molecule has 20 heavy (non-hydrogen) atoms. The lowest BCUT2D eigenvalue weighted by Gasteiger charge is -2.12. The lowest BCUT2D eigenvalue weighted by Crippen LogP contribution is -2.26. The number of fused-ring (bicyclic) bond motifs is 1. The number of hydroxylamine groups is 2. The Kier molecular flexibility index (Phi) is 4.19. The number of carbonyl (C=O) groups is 1. The summed E-state index contributed by atoms with van der Waals surface area (Å²) in [5, 5.41) is 1.64. The van der Waals surface area contributed by atoms with Crippen LogP contribution in [0, 0.1) is 0 Å². The van der Waals surface area contributed by atoms with E-state index in [0.717, 1.165) is 5.06 Å². The number of furan rings is 1. The first kappa shape index (κ1) is 14.3. The minimum atomic E-state index is -2.93. The highest BCUT2D eigenvalue weighted by atomic mass is 19.3. The van der Waals surface area contributed by atoms with E-state index >= 15 is 0 Å². The number of halogens is 2. The monoisotopic (exact) mass is 285 g/mol. The fraction of sp³-hybridized carbons (Fsp3) is 0.308. The minimum absolute atomic E-state index is 0.0372. The maximum Gasteiger partial charge on any atom is 0.387 e. The first-order chi connectivity index (χ1) is 9.52. The molecule has 1 aromatic heterocycles. The van der Waals surface area contributed by atoms with E-state index in [1.54, 1.807) is 12.1 Å². The van der Waals surface area contributed by atoms with Crippen molar-refractivity contribution in [2.24, 2.45) is 0 Å². The van der Waals surface area contributed by atoms with Crippen LogP contribution in [0.4, 0.5) is 8.78 Å². The van der Waals surface area contributed by atoms with Crippen molar-refractivity contribution in [3.8, 4) is 5.75 Å². The summed E-state index contributed by atoms with van der Waals surface area (Å²) in [6, 6.07) is 4.61. The van der Waals surface area contributed by atoms with Crippen molar-refractivity contribution in [2.45, 2.75) is 13.0 Å². The predicted octanol–water partition coefficient (Wildman–Crippen LogP) is 2.60. The average Bonchev–Trinajstić information content (AvgIpc) is 2.81. The molecule has 108 valence electrons. The van der Waals surface area contributed by atoms with Crippen LogP contribution in [0.1, 0.15) is 5.56 Å². The highest BCUT2D eigenvalue weighted by molar-refractivity contribution is 5.90. The smallest absolute Gasteiger partial charge is 0.387 e. The number of ether oxygens (including phenoxy) is 1. The number of hydrogen-bond donors (Lipinski definition) is 0. The third-order valence-electron chi connectivity index (χ3n) is 2.83. The van der Waals surface area contributed by atoms with E-state index in [0.29, 0.717) is 10.9 Å². The Morgan fingerprint density at radius 2 is 2.20 bits per heavy atom. The van der Waals surface area contributed by atoms with E-state index in [4.69, 9.17) is 9.25 Å². The van der Waals surface area contributed by atoms with Crippen LogP contribution in [-0.2, 0) is 16.1 Å². The fourth-order valence-electron chi connectivity index (χ4n) is 1.79. The molecule has 0 bridgehead atoms. The van der Waals surface area contributed by atoms with Crippen LogP contribution in [0.5, 0.6) is 5.75 Å². The average molecular weight is 285 g/mol.